The summed E-state index contributed by atoms with van der Waals surface area (Å²) in [7, 11) is 0. The van der Waals surface area contributed by atoms with Gasteiger partial charge in [-0.05, 0) is 30.2 Å². The first-order valence-corrected chi connectivity index (χ1v) is 8.29. The number of nitrogens with zero attached hydrogens (tertiary/aromatic N) is 1. The van der Waals surface area contributed by atoms with Gasteiger partial charge in [0.1, 0.15) is 5.75 Å². The van der Waals surface area contributed by atoms with Crippen molar-refractivity contribution in [3.8, 4) is 5.75 Å². The second-order valence-electron chi connectivity index (χ2n) is 6.22. The Balaban J connectivity index is 1.91. The molecule has 0 saturated carbocycles. The van der Waals surface area contributed by atoms with E-state index < -0.39 is 6.36 Å². The summed E-state index contributed by atoms with van der Waals surface area (Å²) in [6.07, 6.45) is -4.67. The number of alkyl halides is 3. The summed E-state index contributed by atoms with van der Waals surface area (Å²) in [5.74, 6) is -0.195. The third-order valence-electron chi connectivity index (χ3n) is 4.30. The summed E-state index contributed by atoms with van der Waals surface area (Å²) in [6.45, 7) is 5.62. The van der Waals surface area contributed by atoms with Crippen molar-refractivity contribution in [2.24, 2.45) is 0 Å². The number of nitrogens with one attached hydrogen (secondary N) is 1. The van der Waals surface area contributed by atoms with E-state index in [2.05, 4.69) is 27.1 Å². The topological polar surface area (TPSA) is 24.5 Å². The van der Waals surface area contributed by atoms with Crippen LogP contribution in [0.4, 0.5) is 13.2 Å². The number of rotatable bonds is 4. The Morgan fingerprint density at radius 3 is 2.28 bits per heavy atom. The molecule has 1 atom stereocenters. The number of ether oxygens (including phenoxy) is 1. The van der Waals surface area contributed by atoms with Crippen LogP contribution in [-0.4, -0.2) is 37.4 Å². The van der Waals surface area contributed by atoms with Gasteiger partial charge >= 0.3 is 6.36 Å². The van der Waals surface area contributed by atoms with Crippen molar-refractivity contribution < 1.29 is 17.9 Å². The second-order valence-corrected chi connectivity index (χ2v) is 6.22. The molecule has 2 aromatic carbocycles. The number of halogens is 3. The molecule has 25 heavy (non-hydrogen) atoms. The quantitative estimate of drug-likeness (QED) is 0.905. The van der Waals surface area contributed by atoms with Crippen LogP contribution >= 0.6 is 0 Å². The summed E-state index contributed by atoms with van der Waals surface area (Å²) in [5.41, 5.74) is 3.27. The van der Waals surface area contributed by atoms with Crippen molar-refractivity contribution in [1.29, 1.82) is 0 Å². The van der Waals surface area contributed by atoms with E-state index in [1.54, 1.807) is 12.1 Å². The summed E-state index contributed by atoms with van der Waals surface area (Å²) in [5, 5.41) is 3.33. The highest BCUT2D eigenvalue weighted by molar-refractivity contribution is 5.37. The van der Waals surface area contributed by atoms with E-state index in [1.165, 1.54) is 12.1 Å². The molecular weight excluding hydrogens is 329 g/mol. The second kappa shape index (κ2) is 7.45. The van der Waals surface area contributed by atoms with Crippen molar-refractivity contribution in [1.82, 2.24) is 10.2 Å². The maximum Gasteiger partial charge on any atom is 0.573 e. The van der Waals surface area contributed by atoms with E-state index in [0.29, 0.717) is 0 Å². The van der Waals surface area contributed by atoms with Crippen LogP contribution in [0.2, 0.25) is 0 Å². The molecule has 3 rings (SSSR count). The number of hydrogen-bond acceptors (Lipinski definition) is 3. The van der Waals surface area contributed by atoms with E-state index in [0.717, 1.165) is 42.9 Å². The molecule has 0 spiro atoms. The first-order chi connectivity index (χ1) is 11.9. The Kier molecular flexibility index (Phi) is 5.30. The van der Waals surface area contributed by atoms with Crippen molar-refractivity contribution >= 4 is 0 Å². The Bertz CT molecular complexity index is 695. The van der Waals surface area contributed by atoms with Gasteiger partial charge in [-0.15, -0.1) is 13.2 Å². The number of aryl methyl sites for hydroxylation is 1. The van der Waals surface area contributed by atoms with Gasteiger partial charge in [0, 0.05) is 26.2 Å². The van der Waals surface area contributed by atoms with Gasteiger partial charge in [0.2, 0.25) is 0 Å². The number of benzene rings is 2. The minimum Gasteiger partial charge on any atom is -0.406 e. The van der Waals surface area contributed by atoms with E-state index in [1.807, 2.05) is 19.1 Å². The van der Waals surface area contributed by atoms with Crippen molar-refractivity contribution in [2.45, 2.75) is 19.3 Å². The zero-order chi connectivity index (χ0) is 17.9. The highest BCUT2D eigenvalue weighted by Crippen LogP contribution is 2.31. The number of piperazine rings is 1. The molecular formula is C19H21F3N2O. The molecule has 1 saturated heterocycles. The average Bonchev–Trinajstić information content (AvgIpc) is 2.56. The first kappa shape index (κ1) is 17.8. The lowest BCUT2D eigenvalue weighted by atomic mass is 9.95. The monoisotopic (exact) mass is 350 g/mol. The predicted molar refractivity (Wildman–Crippen MR) is 90.6 cm³/mol. The maximum absolute atomic E-state index is 12.4. The van der Waals surface area contributed by atoms with Crippen LogP contribution < -0.4 is 10.1 Å². The van der Waals surface area contributed by atoms with Gasteiger partial charge in [0.15, 0.2) is 0 Å². The fraction of sp³-hybridized carbons (Fsp3) is 0.368. The fourth-order valence-corrected chi connectivity index (χ4v) is 3.25. The van der Waals surface area contributed by atoms with Gasteiger partial charge < -0.3 is 10.1 Å². The summed E-state index contributed by atoms with van der Waals surface area (Å²) < 4.78 is 41.1. The van der Waals surface area contributed by atoms with E-state index in [9.17, 15) is 13.2 Å². The molecule has 1 aliphatic heterocycles. The molecule has 0 radical (unpaired) electrons. The standard InChI is InChI=1S/C19H21F3N2O/c1-14-3-2-4-16(13-14)18(24-11-9-23-10-12-24)15-5-7-17(8-6-15)25-19(20,21)22/h2-8,13,18,23H,9-12H2,1H3/t18-/m1/s1. The Labute approximate surface area is 145 Å². The van der Waals surface area contributed by atoms with Gasteiger partial charge in [-0.2, -0.15) is 0 Å². The van der Waals surface area contributed by atoms with E-state index in [4.69, 9.17) is 0 Å². The van der Waals surface area contributed by atoms with Crippen LogP contribution in [0.3, 0.4) is 0 Å². The van der Waals surface area contributed by atoms with Crippen LogP contribution in [0, 0.1) is 6.92 Å². The van der Waals surface area contributed by atoms with Gasteiger partial charge in [0.05, 0.1) is 6.04 Å². The lowest BCUT2D eigenvalue weighted by Gasteiger charge is -2.35. The molecule has 1 fully saturated rings. The van der Waals surface area contributed by atoms with Crippen LogP contribution in [0.1, 0.15) is 22.7 Å². The molecule has 134 valence electrons. The van der Waals surface area contributed by atoms with E-state index in [-0.39, 0.29) is 11.8 Å². The maximum atomic E-state index is 12.4. The molecule has 3 nitrogen and oxygen atoms in total. The molecule has 1 aliphatic rings. The molecule has 0 aromatic heterocycles. The zero-order valence-electron chi connectivity index (χ0n) is 14.0. The van der Waals surface area contributed by atoms with Crippen LogP contribution in [-0.2, 0) is 0 Å². The zero-order valence-corrected chi connectivity index (χ0v) is 14.0. The summed E-state index contributed by atoms with van der Waals surface area (Å²) in [4.78, 5) is 2.35. The lowest BCUT2D eigenvalue weighted by Crippen LogP contribution is -2.45. The minimum atomic E-state index is -4.67. The molecule has 0 bridgehead atoms. The Hall–Kier alpha value is -2.05. The highest BCUT2D eigenvalue weighted by Gasteiger charge is 2.31. The van der Waals surface area contributed by atoms with Crippen molar-refractivity contribution in [3.63, 3.8) is 0 Å². The fourth-order valence-electron chi connectivity index (χ4n) is 3.25. The lowest BCUT2D eigenvalue weighted by molar-refractivity contribution is -0.274. The largest absolute Gasteiger partial charge is 0.573 e. The van der Waals surface area contributed by atoms with Crippen molar-refractivity contribution in [2.75, 3.05) is 26.2 Å². The van der Waals surface area contributed by atoms with Gasteiger partial charge in [-0.25, -0.2) is 0 Å². The Morgan fingerprint density at radius 1 is 1.00 bits per heavy atom. The smallest absolute Gasteiger partial charge is 0.406 e. The highest BCUT2D eigenvalue weighted by atomic mass is 19.4. The third kappa shape index (κ3) is 4.74. The average molecular weight is 350 g/mol. The summed E-state index contributed by atoms with van der Waals surface area (Å²) in [6, 6.07) is 14.5. The normalized spacial score (nSPS) is 17.3. The molecule has 6 heteroatoms. The first-order valence-electron chi connectivity index (χ1n) is 8.29. The molecule has 2 aromatic rings. The molecule has 0 aliphatic carbocycles. The third-order valence-corrected chi connectivity index (χ3v) is 4.30. The molecule has 1 heterocycles. The molecule has 0 amide bonds. The van der Waals surface area contributed by atoms with Gasteiger partial charge in [0.25, 0.3) is 0 Å². The molecule has 1 N–H and O–H groups in total. The van der Waals surface area contributed by atoms with Crippen LogP contribution in [0.5, 0.6) is 5.75 Å². The van der Waals surface area contributed by atoms with Crippen molar-refractivity contribution in [3.05, 3.63) is 65.2 Å². The molecule has 0 unspecified atom stereocenters. The summed E-state index contributed by atoms with van der Waals surface area (Å²) >= 11 is 0. The SMILES string of the molecule is Cc1cccc([C@@H](c2ccc(OC(F)(F)F)cc2)N2CCNCC2)c1. The predicted octanol–water partition coefficient (Wildman–Crippen LogP) is 3.89. The minimum absolute atomic E-state index is 0.0157. The Morgan fingerprint density at radius 2 is 1.68 bits per heavy atom. The van der Waals surface area contributed by atoms with Crippen LogP contribution in [0.25, 0.3) is 0 Å². The van der Waals surface area contributed by atoms with Gasteiger partial charge in [-0.3, -0.25) is 4.90 Å². The number of hydrogen-bond donors (Lipinski definition) is 1. The van der Waals surface area contributed by atoms with Gasteiger partial charge in [-0.1, -0.05) is 42.0 Å². The van der Waals surface area contributed by atoms with E-state index >= 15 is 0 Å². The van der Waals surface area contributed by atoms with Crippen LogP contribution in [0.15, 0.2) is 48.5 Å².